The molecule has 1 aromatic heterocycles. The normalized spacial score (nSPS) is 15.3. The number of methoxy groups -OCH3 is 2. The quantitative estimate of drug-likeness (QED) is 0.761. The first-order valence-corrected chi connectivity index (χ1v) is 4.73. The lowest BCUT2D eigenvalue weighted by Crippen LogP contribution is -2.39. The van der Waals surface area contributed by atoms with Crippen molar-refractivity contribution in [3.05, 3.63) is 29.6 Å². The standard InChI is InChI=1S/C11H17NO3/c1-8-5-6-12-7-9(8)11(2,13)10(14-3)15-4/h5-7,10,13H,1-4H3. The van der Waals surface area contributed by atoms with Gasteiger partial charge in [0, 0.05) is 32.2 Å². The van der Waals surface area contributed by atoms with Crippen molar-refractivity contribution in [3.8, 4) is 0 Å². The van der Waals surface area contributed by atoms with Crippen LogP contribution >= 0.6 is 0 Å². The predicted molar refractivity (Wildman–Crippen MR) is 56.4 cm³/mol. The van der Waals surface area contributed by atoms with Gasteiger partial charge in [-0.3, -0.25) is 4.98 Å². The Bertz CT molecular complexity index is 321. The Morgan fingerprint density at radius 3 is 2.47 bits per heavy atom. The fourth-order valence-electron chi connectivity index (χ4n) is 1.68. The topological polar surface area (TPSA) is 51.6 Å². The lowest BCUT2D eigenvalue weighted by atomic mass is 9.93. The molecule has 1 N–H and O–H groups in total. The molecule has 15 heavy (non-hydrogen) atoms. The molecule has 4 nitrogen and oxygen atoms in total. The average molecular weight is 211 g/mol. The van der Waals surface area contributed by atoms with Crippen molar-refractivity contribution in [2.24, 2.45) is 0 Å². The van der Waals surface area contributed by atoms with Crippen molar-refractivity contribution >= 4 is 0 Å². The fraction of sp³-hybridized carbons (Fsp3) is 0.545. The highest BCUT2D eigenvalue weighted by atomic mass is 16.7. The second-order valence-corrected chi connectivity index (χ2v) is 3.64. The molecule has 1 atom stereocenters. The third-order valence-corrected chi connectivity index (χ3v) is 2.47. The fourth-order valence-corrected chi connectivity index (χ4v) is 1.68. The summed E-state index contributed by atoms with van der Waals surface area (Å²) in [6.45, 7) is 3.56. The van der Waals surface area contributed by atoms with Crippen LogP contribution in [0.3, 0.4) is 0 Å². The van der Waals surface area contributed by atoms with Gasteiger partial charge in [0.1, 0.15) is 5.60 Å². The summed E-state index contributed by atoms with van der Waals surface area (Å²) >= 11 is 0. The summed E-state index contributed by atoms with van der Waals surface area (Å²) in [6.07, 6.45) is 2.60. The third kappa shape index (κ3) is 2.34. The summed E-state index contributed by atoms with van der Waals surface area (Å²) in [5, 5.41) is 10.3. The van der Waals surface area contributed by atoms with E-state index < -0.39 is 11.9 Å². The Morgan fingerprint density at radius 2 is 2.00 bits per heavy atom. The third-order valence-electron chi connectivity index (χ3n) is 2.47. The molecular formula is C11H17NO3. The second kappa shape index (κ2) is 4.70. The van der Waals surface area contributed by atoms with Crippen LogP contribution in [0.5, 0.6) is 0 Å². The van der Waals surface area contributed by atoms with Crippen molar-refractivity contribution in [1.82, 2.24) is 4.98 Å². The van der Waals surface area contributed by atoms with E-state index in [1.54, 1.807) is 19.3 Å². The van der Waals surface area contributed by atoms with Gasteiger partial charge < -0.3 is 14.6 Å². The Kier molecular flexibility index (Phi) is 3.79. The second-order valence-electron chi connectivity index (χ2n) is 3.64. The highest BCUT2D eigenvalue weighted by Gasteiger charge is 2.35. The summed E-state index contributed by atoms with van der Waals surface area (Å²) in [7, 11) is 2.99. The van der Waals surface area contributed by atoms with Crippen LogP contribution < -0.4 is 0 Å². The first kappa shape index (κ1) is 12.1. The first-order valence-electron chi connectivity index (χ1n) is 4.73. The smallest absolute Gasteiger partial charge is 0.189 e. The van der Waals surface area contributed by atoms with Crippen molar-refractivity contribution in [2.45, 2.75) is 25.7 Å². The summed E-state index contributed by atoms with van der Waals surface area (Å²) in [4.78, 5) is 3.99. The number of rotatable bonds is 4. The van der Waals surface area contributed by atoms with Crippen LogP contribution in [0.4, 0.5) is 0 Å². The van der Waals surface area contributed by atoms with E-state index in [4.69, 9.17) is 9.47 Å². The van der Waals surface area contributed by atoms with E-state index in [1.165, 1.54) is 14.2 Å². The minimum absolute atomic E-state index is 0.707. The van der Waals surface area contributed by atoms with Crippen LogP contribution in [-0.4, -0.2) is 30.6 Å². The van der Waals surface area contributed by atoms with Gasteiger partial charge in [0.05, 0.1) is 0 Å². The molecule has 0 saturated heterocycles. The SMILES string of the molecule is COC(OC)C(C)(O)c1cnccc1C. The Morgan fingerprint density at radius 1 is 1.40 bits per heavy atom. The number of hydrogen-bond acceptors (Lipinski definition) is 4. The zero-order valence-corrected chi connectivity index (χ0v) is 9.52. The maximum absolute atomic E-state index is 10.3. The van der Waals surface area contributed by atoms with Crippen LogP contribution in [0.15, 0.2) is 18.5 Å². The van der Waals surface area contributed by atoms with Gasteiger partial charge in [-0.05, 0) is 25.5 Å². The number of nitrogens with zero attached hydrogens (tertiary/aromatic N) is 1. The van der Waals surface area contributed by atoms with E-state index >= 15 is 0 Å². The average Bonchev–Trinajstić information content (AvgIpc) is 2.19. The van der Waals surface area contributed by atoms with Gasteiger partial charge in [-0.2, -0.15) is 0 Å². The summed E-state index contributed by atoms with van der Waals surface area (Å²) in [5.41, 5.74) is 0.453. The van der Waals surface area contributed by atoms with Crippen LogP contribution in [0, 0.1) is 6.92 Å². The van der Waals surface area contributed by atoms with E-state index in [2.05, 4.69) is 4.98 Å². The number of aromatic nitrogens is 1. The highest BCUT2D eigenvalue weighted by Crippen LogP contribution is 2.28. The molecule has 0 radical (unpaired) electrons. The minimum atomic E-state index is -1.21. The monoisotopic (exact) mass is 211 g/mol. The van der Waals surface area contributed by atoms with Gasteiger partial charge >= 0.3 is 0 Å². The van der Waals surface area contributed by atoms with Gasteiger partial charge in [0.15, 0.2) is 6.29 Å². The molecule has 84 valence electrons. The van der Waals surface area contributed by atoms with Gasteiger partial charge in [0.2, 0.25) is 0 Å². The van der Waals surface area contributed by atoms with E-state index in [-0.39, 0.29) is 0 Å². The number of ether oxygens (including phenoxy) is 2. The zero-order valence-electron chi connectivity index (χ0n) is 9.52. The Labute approximate surface area is 89.9 Å². The van der Waals surface area contributed by atoms with Crippen molar-refractivity contribution in [3.63, 3.8) is 0 Å². The molecule has 0 spiro atoms. The Hall–Kier alpha value is -0.970. The number of pyridine rings is 1. The van der Waals surface area contributed by atoms with Crippen LogP contribution in [0.2, 0.25) is 0 Å². The van der Waals surface area contributed by atoms with Crippen molar-refractivity contribution in [2.75, 3.05) is 14.2 Å². The van der Waals surface area contributed by atoms with E-state index in [0.29, 0.717) is 5.56 Å². The maximum Gasteiger partial charge on any atom is 0.189 e. The summed E-state index contributed by atoms with van der Waals surface area (Å²) in [5.74, 6) is 0. The molecule has 0 saturated carbocycles. The summed E-state index contributed by atoms with van der Waals surface area (Å²) < 4.78 is 10.1. The van der Waals surface area contributed by atoms with Crippen molar-refractivity contribution in [1.29, 1.82) is 0 Å². The summed E-state index contributed by atoms with van der Waals surface area (Å²) in [6, 6.07) is 1.84. The van der Waals surface area contributed by atoms with Crippen LogP contribution in [0.1, 0.15) is 18.1 Å². The van der Waals surface area contributed by atoms with E-state index in [9.17, 15) is 5.11 Å². The lowest BCUT2D eigenvalue weighted by Gasteiger charge is -2.31. The van der Waals surface area contributed by atoms with Gasteiger partial charge in [-0.1, -0.05) is 0 Å². The largest absolute Gasteiger partial charge is 0.380 e. The van der Waals surface area contributed by atoms with Crippen LogP contribution in [-0.2, 0) is 15.1 Å². The first-order chi connectivity index (χ1) is 7.04. The highest BCUT2D eigenvalue weighted by molar-refractivity contribution is 5.27. The maximum atomic E-state index is 10.3. The molecule has 0 aliphatic rings. The molecule has 1 rings (SSSR count). The molecule has 0 aliphatic carbocycles. The molecule has 1 unspecified atom stereocenters. The van der Waals surface area contributed by atoms with Crippen LogP contribution in [0.25, 0.3) is 0 Å². The van der Waals surface area contributed by atoms with Gasteiger partial charge in [0.25, 0.3) is 0 Å². The number of aryl methyl sites for hydroxylation is 1. The molecule has 0 aliphatic heterocycles. The molecule has 0 fully saturated rings. The van der Waals surface area contributed by atoms with E-state index in [1.807, 2.05) is 13.0 Å². The predicted octanol–water partition coefficient (Wildman–Crippen LogP) is 1.22. The van der Waals surface area contributed by atoms with Gasteiger partial charge in [-0.25, -0.2) is 0 Å². The van der Waals surface area contributed by atoms with Crippen molar-refractivity contribution < 1.29 is 14.6 Å². The van der Waals surface area contributed by atoms with Gasteiger partial charge in [-0.15, -0.1) is 0 Å². The van der Waals surface area contributed by atoms with E-state index in [0.717, 1.165) is 5.56 Å². The molecular weight excluding hydrogens is 194 g/mol. The molecule has 0 amide bonds. The minimum Gasteiger partial charge on any atom is -0.380 e. The number of aliphatic hydroxyl groups is 1. The zero-order chi connectivity index (χ0) is 11.5. The molecule has 4 heteroatoms. The number of hydrogen-bond donors (Lipinski definition) is 1. The Balaban J connectivity index is 3.09. The molecule has 0 aromatic carbocycles. The molecule has 0 bridgehead atoms. The molecule has 1 heterocycles. The molecule has 1 aromatic rings. The lowest BCUT2D eigenvalue weighted by molar-refractivity contribution is -0.213.